The monoisotopic (exact) mass is 216 g/mol. The molecule has 13 heavy (non-hydrogen) atoms. The fraction of sp³-hybridized carbons (Fsp3) is 0.750. The molecule has 0 saturated heterocycles. The Balaban J connectivity index is 1.81. The van der Waals surface area contributed by atoms with E-state index in [-0.39, 0.29) is 0 Å². The largest absolute Gasteiger partial charge is 0.381 e. The molecule has 0 aliphatic heterocycles. The third-order valence-electron chi connectivity index (χ3n) is 2.16. The van der Waals surface area contributed by atoms with Gasteiger partial charge < -0.3 is 4.74 Å². The molecule has 1 saturated carbocycles. The molecule has 0 atom stereocenters. The Labute approximate surface area is 85.9 Å². The second-order valence-electron chi connectivity index (χ2n) is 3.16. The van der Waals surface area contributed by atoms with Crippen molar-refractivity contribution in [2.24, 2.45) is 0 Å². The van der Waals surface area contributed by atoms with Crippen LogP contribution in [0.4, 0.5) is 0 Å². The summed E-state index contributed by atoms with van der Waals surface area (Å²) in [6.45, 7) is 1.99. The van der Waals surface area contributed by atoms with Crippen LogP contribution in [-0.2, 0) is 4.74 Å². The summed E-state index contributed by atoms with van der Waals surface area (Å²) < 4.78 is 6.31. The van der Waals surface area contributed by atoms with E-state index in [9.17, 15) is 0 Å². The third-order valence-corrected chi connectivity index (χ3v) is 4.33. The Morgan fingerprint density at radius 2 is 2.23 bits per heavy atom. The smallest absolute Gasteiger partial charge is 0.174 e. The van der Waals surface area contributed by atoms with Crippen molar-refractivity contribution >= 4 is 23.1 Å². The maximum Gasteiger partial charge on any atom is 0.174 e. The standard InChI is InChI=1S/C8H12N2OS2/c1-5-9-10-8(12-5)13-7-3-6(4-7)11-2/h6-7H,3-4H2,1-2H3. The van der Waals surface area contributed by atoms with Crippen LogP contribution in [0, 0.1) is 6.92 Å². The first kappa shape index (κ1) is 9.43. The number of hydrogen-bond acceptors (Lipinski definition) is 5. The summed E-state index contributed by atoms with van der Waals surface area (Å²) in [5.74, 6) is 0. The normalized spacial score (nSPS) is 27.2. The zero-order valence-corrected chi connectivity index (χ0v) is 9.32. The van der Waals surface area contributed by atoms with E-state index in [1.165, 1.54) is 0 Å². The van der Waals surface area contributed by atoms with Crippen molar-refractivity contribution in [2.45, 2.75) is 35.5 Å². The number of methoxy groups -OCH3 is 1. The SMILES string of the molecule is COC1CC(Sc2nnc(C)s2)C1. The lowest BCUT2D eigenvalue weighted by atomic mass is 9.95. The number of rotatable bonds is 3. The van der Waals surface area contributed by atoms with Crippen molar-refractivity contribution in [3.05, 3.63) is 5.01 Å². The minimum Gasteiger partial charge on any atom is -0.381 e. The number of ether oxygens (including phenoxy) is 1. The van der Waals surface area contributed by atoms with Crippen molar-refractivity contribution in [1.29, 1.82) is 0 Å². The Morgan fingerprint density at radius 3 is 2.77 bits per heavy atom. The minimum absolute atomic E-state index is 0.478. The molecule has 0 N–H and O–H groups in total. The highest BCUT2D eigenvalue weighted by atomic mass is 32.2. The minimum atomic E-state index is 0.478. The van der Waals surface area contributed by atoms with Crippen LogP contribution in [-0.4, -0.2) is 28.7 Å². The van der Waals surface area contributed by atoms with Crippen LogP contribution in [0.3, 0.4) is 0 Å². The Morgan fingerprint density at radius 1 is 1.46 bits per heavy atom. The lowest BCUT2D eigenvalue weighted by Gasteiger charge is -2.32. The molecule has 1 aliphatic carbocycles. The molecular weight excluding hydrogens is 204 g/mol. The van der Waals surface area contributed by atoms with Gasteiger partial charge in [0.25, 0.3) is 0 Å². The van der Waals surface area contributed by atoms with Crippen molar-refractivity contribution < 1.29 is 4.74 Å². The second kappa shape index (κ2) is 3.94. The number of aryl methyl sites for hydroxylation is 1. The highest BCUT2D eigenvalue weighted by Crippen LogP contribution is 2.38. The van der Waals surface area contributed by atoms with E-state index in [2.05, 4.69) is 10.2 Å². The molecule has 1 aliphatic rings. The van der Waals surface area contributed by atoms with Crippen LogP contribution < -0.4 is 0 Å². The van der Waals surface area contributed by atoms with Crippen LogP contribution in [0.2, 0.25) is 0 Å². The molecule has 0 unspecified atom stereocenters. The molecule has 1 aromatic heterocycles. The van der Waals surface area contributed by atoms with Gasteiger partial charge >= 0.3 is 0 Å². The first-order valence-electron chi connectivity index (χ1n) is 4.27. The van der Waals surface area contributed by atoms with Gasteiger partial charge in [-0.2, -0.15) is 0 Å². The lowest BCUT2D eigenvalue weighted by molar-refractivity contribution is 0.0457. The van der Waals surface area contributed by atoms with Crippen LogP contribution in [0.15, 0.2) is 4.34 Å². The van der Waals surface area contributed by atoms with E-state index in [4.69, 9.17) is 4.74 Å². The van der Waals surface area contributed by atoms with Crippen LogP contribution >= 0.6 is 23.1 Å². The van der Waals surface area contributed by atoms with E-state index in [1.54, 1.807) is 18.4 Å². The molecule has 0 radical (unpaired) electrons. The quantitative estimate of drug-likeness (QED) is 0.775. The zero-order chi connectivity index (χ0) is 9.26. The highest BCUT2D eigenvalue weighted by molar-refractivity contribution is 8.01. The number of hydrogen-bond donors (Lipinski definition) is 0. The molecule has 0 spiro atoms. The summed E-state index contributed by atoms with van der Waals surface area (Å²) in [7, 11) is 1.78. The molecule has 0 aromatic carbocycles. The third kappa shape index (κ3) is 2.21. The molecule has 3 nitrogen and oxygen atoms in total. The van der Waals surface area contributed by atoms with Gasteiger partial charge in [-0.3, -0.25) is 0 Å². The van der Waals surface area contributed by atoms with Crippen LogP contribution in [0.25, 0.3) is 0 Å². The second-order valence-corrected chi connectivity index (χ2v) is 5.89. The van der Waals surface area contributed by atoms with Crippen molar-refractivity contribution in [2.75, 3.05) is 7.11 Å². The summed E-state index contributed by atoms with van der Waals surface area (Å²) in [5, 5.41) is 9.80. The molecule has 0 bridgehead atoms. The molecule has 2 rings (SSSR count). The number of nitrogens with zero attached hydrogens (tertiary/aromatic N) is 2. The predicted molar refractivity (Wildman–Crippen MR) is 54.3 cm³/mol. The summed E-state index contributed by atoms with van der Waals surface area (Å²) in [5.41, 5.74) is 0. The van der Waals surface area contributed by atoms with Crippen LogP contribution in [0.5, 0.6) is 0 Å². The average molecular weight is 216 g/mol. The molecule has 1 heterocycles. The van der Waals surface area contributed by atoms with Crippen LogP contribution in [0.1, 0.15) is 17.8 Å². The van der Waals surface area contributed by atoms with E-state index in [1.807, 2.05) is 18.7 Å². The topological polar surface area (TPSA) is 35.0 Å². The maximum absolute atomic E-state index is 5.21. The van der Waals surface area contributed by atoms with E-state index in [0.29, 0.717) is 11.4 Å². The van der Waals surface area contributed by atoms with Gasteiger partial charge in [0.15, 0.2) is 4.34 Å². The van der Waals surface area contributed by atoms with Gasteiger partial charge in [0.2, 0.25) is 0 Å². The first-order chi connectivity index (χ1) is 6.28. The fourth-order valence-electron chi connectivity index (χ4n) is 1.27. The summed E-state index contributed by atoms with van der Waals surface area (Å²) >= 11 is 3.51. The summed E-state index contributed by atoms with van der Waals surface area (Å²) in [6.07, 6.45) is 2.78. The Hall–Kier alpha value is -0.130. The Kier molecular flexibility index (Phi) is 2.86. The van der Waals surface area contributed by atoms with E-state index in [0.717, 1.165) is 22.2 Å². The molecule has 1 fully saturated rings. The van der Waals surface area contributed by atoms with Gasteiger partial charge in [-0.15, -0.1) is 10.2 Å². The molecular formula is C8H12N2OS2. The highest BCUT2D eigenvalue weighted by Gasteiger charge is 2.30. The van der Waals surface area contributed by atoms with E-state index >= 15 is 0 Å². The number of thioether (sulfide) groups is 1. The van der Waals surface area contributed by atoms with Gasteiger partial charge in [0.1, 0.15) is 5.01 Å². The number of aromatic nitrogens is 2. The predicted octanol–water partition coefficient (Wildman–Crippen LogP) is 2.12. The summed E-state index contributed by atoms with van der Waals surface area (Å²) in [4.78, 5) is 0. The van der Waals surface area contributed by atoms with Crippen molar-refractivity contribution in [3.8, 4) is 0 Å². The fourth-order valence-corrected chi connectivity index (χ4v) is 3.65. The van der Waals surface area contributed by atoms with Gasteiger partial charge in [-0.25, -0.2) is 0 Å². The molecule has 0 amide bonds. The van der Waals surface area contributed by atoms with Gasteiger partial charge in [-0.05, 0) is 19.8 Å². The van der Waals surface area contributed by atoms with Gasteiger partial charge in [-0.1, -0.05) is 23.1 Å². The zero-order valence-electron chi connectivity index (χ0n) is 7.69. The first-order valence-corrected chi connectivity index (χ1v) is 5.97. The van der Waals surface area contributed by atoms with Crippen molar-refractivity contribution in [3.63, 3.8) is 0 Å². The molecule has 72 valence electrons. The maximum atomic E-state index is 5.21. The Bertz CT molecular complexity index is 283. The average Bonchev–Trinajstić information content (AvgIpc) is 2.43. The summed E-state index contributed by atoms with van der Waals surface area (Å²) in [6, 6.07) is 0. The molecule has 5 heteroatoms. The van der Waals surface area contributed by atoms with E-state index < -0.39 is 0 Å². The molecule has 1 aromatic rings. The lowest BCUT2D eigenvalue weighted by Crippen LogP contribution is -2.32. The van der Waals surface area contributed by atoms with Gasteiger partial charge in [0.05, 0.1) is 6.10 Å². The van der Waals surface area contributed by atoms with Crippen molar-refractivity contribution in [1.82, 2.24) is 10.2 Å². The van der Waals surface area contributed by atoms with Gasteiger partial charge in [0, 0.05) is 12.4 Å².